The molecule has 2 amide bonds. The van der Waals surface area contributed by atoms with Gasteiger partial charge in [0.1, 0.15) is 0 Å². The van der Waals surface area contributed by atoms with E-state index >= 15 is 0 Å². The zero-order valence-electron chi connectivity index (χ0n) is 10.4. The van der Waals surface area contributed by atoms with Crippen LogP contribution in [0.25, 0.3) is 0 Å². The third kappa shape index (κ3) is 3.88. The average Bonchev–Trinajstić information content (AvgIpc) is 2.29. The van der Waals surface area contributed by atoms with Crippen molar-refractivity contribution in [2.75, 3.05) is 19.4 Å². The van der Waals surface area contributed by atoms with Gasteiger partial charge in [0, 0.05) is 14.1 Å². The SMILES string of the molecule is CN(C)C(=O)Nc1ccc(CC#N)cc1C(F)(F)F. The van der Waals surface area contributed by atoms with E-state index in [2.05, 4.69) is 5.32 Å². The molecule has 1 aromatic carbocycles. The maximum absolute atomic E-state index is 12.9. The monoisotopic (exact) mass is 271 g/mol. The molecule has 0 bridgehead atoms. The van der Waals surface area contributed by atoms with Gasteiger partial charge in [0.15, 0.2) is 0 Å². The summed E-state index contributed by atoms with van der Waals surface area (Å²) in [7, 11) is 2.85. The number of carbonyl (C=O) groups is 1. The molecular weight excluding hydrogens is 259 g/mol. The van der Waals surface area contributed by atoms with Crippen LogP contribution in [0, 0.1) is 11.3 Å². The Morgan fingerprint density at radius 1 is 1.42 bits per heavy atom. The molecule has 0 fully saturated rings. The number of benzene rings is 1. The van der Waals surface area contributed by atoms with Crippen molar-refractivity contribution in [3.63, 3.8) is 0 Å². The van der Waals surface area contributed by atoms with Crippen molar-refractivity contribution in [2.45, 2.75) is 12.6 Å². The number of hydrogen-bond donors (Lipinski definition) is 1. The lowest BCUT2D eigenvalue weighted by molar-refractivity contribution is -0.137. The molecule has 1 rings (SSSR count). The summed E-state index contributed by atoms with van der Waals surface area (Å²) in [6, 6.07) is 4.52. The van der Waals surface area contributed by atoms with E-state index in [9.17, 15) is 18.0 Å². The van der Waals surface area contributed by atoms with Crippen molar-refractivity contribution in [2.24, 2.45) is 0 Å². The molecule has 4 nitrogen and oxygen atoms in total. The molecule has 0 aliphatic carbocycles. The molecule has 1 N–H and O–H groups in total. The largest absolute Gasteiger partial charge is 0.418 e. The highest BCUT2D eigenvalue weighted by atomic mass is 19.4. The fourth-order valence-corrected chi connectivity index (χ4v) is 1.36. The smallest absolute Gasteiger partial charge is 0.331 e. The van der Waals surface area contributed by atoms with Gasteiger partial charge in [-0.25, -0.2) is 4.79 Å². The lowest BCUT2D eigenvalue weighted by atomic mass is 10.1. The number of hydrogen-bond acceptors (Lipinski definition) is 2. The Hall–Kier alpha value is -2.23. The number of rotatable bonds is 2. The van der Waals surface area contributed by atoms with Crippen molar-refractivity contribution in [1.29, 1.82) is 5.26 Å². The van der Waals surface area contributed by atoms with E-state index in [0.29, 0.717) is 0 Å². The first-order chi connectivity index (χ1) is 8.75. The topological polar surface area (TPSA) is 56.1 Å². The Bertz CT molecular complexity index is 518. The Balaban J connectivity index is 3.17. The van der Waals surface area contributed by atoms with Crippen LogP contribution >= 0.6 is 0 Å². The summed E-state index contributed by atoms with van der Waals surface area (Å²) in [5.74, 6) is 0. The van der Waals surface area contributed by atoms with E-state index in [0.717, 1.165) is 17.0 Å². The summed E-state index contributed by atoms with van der Waals surface area (Å²) in [6.45, 7) is 0. The zero-order valence-corrected chi connectivity index (χ0v) is 10.4. The Labute approximate surface area is 108 Å². The maximum Gasteiger partial charge on any atom is 0.418 e. The van der Waals surface area contributed by atoms with Crippen LogP contribution in [0.5, 0.6) is 0 Å². The molecule has 0 spiro atoms. The standard InChI is InChI=1S/C12H12F3N3O/c1-18(2)11(19)17-10-4-3-8(5-6-16)7-9(10)12(13,14)15/h3-4,7H,5H2,1-2H3,(H,17,19). The Morgan fingerprint density at radius 2 is 2.05 bits per heavy atom. The van der Waals surface area contributed by atoms with Crippen molar-refractivity contribution in [1.82, 2.24) is 4.90 Å². The summed E-state index contributed by atoms with van der Waals surface area (Å²) in [4.78, 5) is 12.5. The third-order valence-electron chi connectivity index (χ3n) is 2.32. The van der Waals surface area contributed by atoms with Crippen LogP contribution < -0.4 is 5.32 Å². The van der Waals surface area contributed by atoms with Crippen LogP contribution in [-0.2, 0) is 12.6 Å². The molecule has 0 aliphatic rings. The fraction of sp³-hybridized carbons (Fsp3) is 0.333. The van der Waals surface area contributed by atoms with Gasteiger partial charge in [0.25, 0.3) is 0 Å². The Morgan fingerprint density at radius 3 is 2.53 bits per heavy atom. The summed E-state index contributed by atoms with van der Waals surface area (Å²) < 4.78 is 38.6. The van der Waals surface area contributed by atoms with Crippen molar-refractivity contribution in [3.05, 3.63) is 29.3 Å². The summed E-state index contributed by atoms with van der Waals surface area (Å²) >= 11 is 0. The fourth-order valence-electron chi connectivity index (χ4n) is 1.36. The highest BCUT2D eigenvalue weighted by molar-refractivity contribution is 5.90. The van der Waals surface area contributed by atoms with E-state index in [-0.39, 0.29) is 17.7 Å². The molecule has 102 valence electrons. The van der Waals surface area contributed by atoms with Crippen LogP contribution in [0.15, 0.2) is 18.2 Å². The van der Waals surface area contributed by atoms with E-state index < -0.39 is 17.8 Å². The molecule has 0 aliphatic heterocycles. The van der Waals surface area contributed by atoms with Gasteiger partial charge in [0.05, 0.1) is 23.7 Å². The number of amides is 2. The molecule has 0 heterocycles. The van der Waals surface area contributed by atoms with E-state index in [1.807, 2.05) is 0 Å². The first kappa shape index (κ1) is 14.8. The van der Waals surface area contributed by atoms with Gasteiger partial charge in [-0.05, 0) is 17.7 Å². The van der Waals surface area contributed by atoms with Crippen molar-refractivity contribution < 1.29 is 18.0 Å². The number of urea groups is 1. The number of halogens is 3. The van der Waals surface area contributed by atoms with Crippen molar-refractivity contribution >= 4 is 11.7 Å². The quantitative estimate of drug-likeness (QED) is 0.899. The van der Waals surface area contributed by atoms with Gasteiger partial charge >= 0.3 is 12.2 Å². The summed E-state index contributed by atoms with van der Waals surface area (Å²) in [6.07, 6.45) is -4.72. The molecule has 0 saturated heterocycles. The molecule has 0 unspecified atom stereocenters. The van der Waals surface area contributed by atoms with Gasteiger partial charge in [0.2, 0.25) is 0 Å². The highest BCUT2D eigenvalue weighted by Crippen LogP contribution is 2.35. The predicted octanol–water partition coefficient (Wildman–Crippen LogP) is 2.86. The number of nitriles is 1. The average molecular weight is 271 g/mol. The second-order valence-corrected chi connectivity index (χ2v) is 4.04. The summed E-state index contributed by atoms with van der Waals surface area (Å²) in [5, 5.41) is 10.7. The molecule has 7 heteroatoms. The molecule has 0 saturated carbocycles. The minimum absolute atomic E-state index is 0.120. The zero-order chi connectivity index (χ0) is 14.6. The minimum atomic E-state index is -4.60. The Kier molecular flexibility index (Phi) is 4.38. The molecular formula is C12H12F3N3O. The van der Waals surface area contributed by atoms with Gasteiger partial charge in [-0.15, -0.1) is 0 Å². The number of nitrogens with one attached hydrogen (secondary N) is 1. The third-order valence-corrected chi connectivity index (χ3v) is 2.32. The van der Waals surface area contributed by atoms with Gasteiger partial charge in [-0.1, -0.05) is 6.07 Å². The van der Waals surface area contributed by atoms with Crippen LogP contribution in [0.1, 0.15) is 11.1 Å². The molecule has 0 aromatic heterocycles. The van der Waals surface area contributed by atoms with E-state index in [4.69, 9.17) is 5.26 Å². The van der Waals surface area contributed by atoms with Gasteiger partial charge in [-0.3, -0.25) is 0 Å². The van der Waals surface area contributed by atoms with Gasteiger partial charge in [-0.2, -0.15) is 18.4 Å². The van der Waals surface area contributed by atoms with Crippen LogP contribution in [0.4, 0.5) is 23.7 Å². The first-order valence-electron chi connectivity index (χ1n) is 5.31. The second kappa shape index (κ2) is 5.61. The normalized spacial score (nSPS) is 10.7. The minimum Gasteiger partial charge on any atom is -0.331 e. The number of nitrogens with zero attached hydrogens (tertiary/aromatic N) is 2. The highest BCUT2D eigenvalue weighted by Gasteiger charge is 2.34. The van der Waals surface area contributed by atoms with Crippen LogP contribution in [0.3, 0.4) is 0 Å². The molecule has 1 aromatic rings. The maximum atomic E-state index is 12.9. The predicted molar refractivity (Wildman–Crippen MR) is 63.5 cm³/mol. The van der Waals surface area contributed by atoms with Crippen LogP contribution in [0.2, 0.25) is 0 Å². The molecule has 19 heavy (non-hydrogen) atoms. The van der Waals surface area contributed by atoms with E-state index in [1.165, 1.54) is 20.2 Å². The van der Waals surface area contributed by atoms with Crippen LogP contribution in [-0.4, -0.2) is 25.0 Å². The van der Waals surface area contributed by atoms with Crippen molar-refractivity contribution in [3.8, 4) is 6.07 Å². The summed E-state index contributed by atoms with van der Waals surface area (Å²) in [5.41, 5.74) is -1.04. The van der Waals surface area contributed by atoms with E-state index in [1.54, 1.807) is 6.07 Å². The first-order valence-corrected chi connectivity index (χ1v) is 5.31. The molecule has 0 radical (unpaired) electrons. The molecule has 0 atom stereocenters. The lowest BCUT2D eigenvalue weighted by Crippen LogP contribution is -2.28. The second-order valence-electron chi connectivity index (χ2n) is 4.04. The lowest BCUT2D eigenvalue weighted by Gasteiger charge is -2.17. The number of alkyl halides is 3. The number of carbonyl (C=O) groups excluding carboxylic acids is 1. The number of anilines is 1. The van der Waals surface area contributed by atoms with Gasteiger partial charge < -0.3 is 10.2 Å².